The van der Waals surface area contributed by atoms with Crippen LogP contribution in [0.3, 0.4) is 0 Å². The van der Waals surface area contributed by atoms with E-state index in [9.17, 15) is 9.59 Å². The minimum atomic E-state index is -0.236. The fourth-order valence-corrected chi connectivity index (χ4v) is 2.69. The highest BCUT2D eigenvalue weighted by molar-refractivity contribution is 6.32. The summed E-state index contributed by atoms with van der Waals surface area (Å²) in [7, 11) is 3.07. The highest BCUT2D eigenvalue weighted by atomic mass is 35.5. The first kappa shape index (κ1) is 19.6. The number of carbonyl (C=O) groups excluding carboxylic acids is 2. The van der Waals surface area contributed by atoms with Gasteiger partial charge in [0.05, 0.1) is 19.2 Å². The molecule has 0 saturated carbocycles. The summed E-state index contributed by atoms with van der Waals surface area (Å²) in [4.78, 5) is 25.7. The van der Waals surface area contributed by atoms with E-state index in [1.165, 1.54) is 18.9 Å². The van der Waals surface area contributed by atoms with Crippen molar-refractivity contribution >= 4 is 29.1 Å². The molecule has 26 heavy (non-hydrogen) atoms. The van der Waals surface area contributed by atoms with E-state index in [-0.39, 0.29) is 11.8 Å². The molecule has 0 bridgehead atoms. The van der Waals surface area contributed by atoms with Crippen molar-refractivity contribution in [3.8, 4) is 11.5 Å². The Kier molecular flexibility index (Phi) is 6.86. The van der Waals surface area contributed by atoms with E-state index in [1.54, 1.807) is 49.6 Å². The third-order valence-corrected chi connectivity index (χ3v) is 4.08. The Hall–Kier alpha value is -2.73. The van der Waals surface area contributed by atoms with Crippen LogP contribution >= 0.6 is 11.6 Å². The largest absolute Gasteiger partial charge is 0.497 e. The highest BCUT2D eigenvalue weighted by Crippen LogP contribution is 2.29. The number of hydrogen-bond donors (Lipinski definition) is 1. The summed E-state index contributed by atoms with van der Waals surface area (Å²) >= 11 is 6.13. The van der Waals surface area contributed by atoms with Crippen molar-refractivity contribution in [1.82, 2.24) is 5.32 Å². The number of amides is 2. The van der Waals surface area contributed by atoms with Crippen molar-refractivity contribution in [2.24, 2.45) is 0 Å². The molecule has 0 aliphatic heterocycles. The van der Waals surface area contributed by atoms with Crippen LogP contribution in [0.5, 0.6) is 11.5 Å². The van der Waals surface area contributed by atoms with Crippen molar-refractivity contribution in [3.63, 3.8) is 0 Å². The topological polar surface area (TPSA) is 67.9 Å². The van der Waals surface area contributed by atoms with E-state index in [1.807, 2.05) is 0 Å². The lowest BCUT2D eigenvalue weighted by Gasteiger charge is -2.22. The first-order valence-electron chi connectivity index (χ1n) is 8.00. The molecule has 0 unspecified atom stereocenters. The number of rotatable bonds is 7. The van der Waals surface area contributed by atoms with E-state index < -0.39 is 0 Å². The molecule has 0 aromatic heterocycles. The Bertz CT molecular complexity index is 795. The van der Waals surface area contributed by atoms with Gasteiger partial charge in [-0.3, -0.25) is 9.59 Å². The van der Waals surface area contributed by atoms with Crippen molar-refractivity contribution in [3.05, 3.63) is 53.1 Å². The molecule has 6 nitrogen and oxygen atoms in total. The van der Waals surface area contributed by atoms with Gasteiger partial charge in [-0.05, 0) is 36.4 Å². The van der Waals surface area contributed by atoms with Gasteiger partial charge in [0.15, 0.2) is 0 Å². The van der Waals surface area contributed by atoms with Crippen LogP contribution in [0.1, 0.15) is 17.3 Å². The fraction of sp³-hybridized carbons (Fsp3) is 0.263. The SMILES string of the molecule is COc1cccc(C(=O)NCCN(C(C)=O)c2ccc(OC)c(Cl)c2)c1. The molecule has 0 atom stereocenters. The highest BCUT2D eigenvalue weighted by Gasteiger charge is 2.14. The number of nitrogens with one attached hydrogen (secondary N) is 1. The molecule has 2 amide bonds. The summed E-state index contributed by atoms with van der Waals surface area (Å²) in [6.45, 7) is 2.06. The Morgan fingerprint density at radius 1 is 1.12 bits per heavy atom. The number of methoxy groups -OCH3 is 2. The van der Waals surface area contributed by atoms with Crippen LogP contribution in [0.15, 0.2) is 42.5 Å². The normalized spacial score (nSPS) is 10.2. The number of ether oxygens (including phenoxy) is 2. The van der Waals surface area contributed by atoms with Crippen LogP contribution in [0.4, 0.5) is 5.69 Å². The second-order valence-corrected chi connectivity index (χ2v) is 5.88. The maximum absolute atomic E-state index is 12.2. The standard InChI is InChI=1S/C19H21ClN2O4/c1-13(23)22(15-7-8-18(26-3)17(20)12-15)10-9-21-19(24)14-5-4-6-16(11-14)25-2/h4-8,11-12H,9-10H2,1-3H3,(H,21,24). The molecule has 0 fully saturated rings. The van der Waals surface area contributed by atoms with Gasteiger partial charge in [0.1, 0.15) is 11.5 Å². The van der Waals surface area contributed by atoms with Crippen molar-refractivity contribution < 1.29 is 19.1 Å². The summed E-state index contributed by atoms with van der Waals surface area (Å²) in [6.07, 6.45) is 0. The average Bonchev–Trinajstić information content (AvgIpc) is 2.64. The molecule has 7 heteroatoms. The minimum absolute atomic E-state index is 0.151. The van der Waals surface area contributed by atoms with Crippen LogP contribution in [0, 0.1) is 0 Å². The molecule has 0 heterocycles. The van der Waals surface area contributed by atoms with Crippen molar-refractivity contribution in [2.75, 3.05) is 32.2 Å². The lowest BCUT2D eigenvalue weighted by atomic mass is 10.2. The van der Waals surface area contributed by atoms with Gasteiger partial charge >= 0.3 is 0 Å². The summed E-state index contributed by atoms with van der Waals surface area (Å²) in [5.41, 5.74) is 1.13. The summed E-state index contributed by atoms with van der Waals surface area (Å²) < 4.78 is 10.2. The molecule has 0 saturated heterocycles. The number of halogens is 1. The van der Waals surface area contributed by atoms with Crippen LogP contribution in [-0.4, -0.2) is 39.1 Å². The van der Waals surface area contributed by atoms with E-state index >= 15 is 0 Å². The van der Waals surface area contributed by atoms with Crippen LogP contribution in [0.2, 0.25) is 5.02 Å². The second kappa shape index (κ2) is 9.10. The summed E-state index contributed by atoms with van der Waals surface area (Å²) in [5, 5.41) is 3.21. The third-order valence-electron chi connectivity index (χ3n) is 3.78. The molecule has 2 aromatic carbocycles. The van der Waals surface area contributed by atoms with Gasteiger partial charge in [0.25, 0.3) is 5.91 Å². The number of anilines is 1. The maximum Gasteiger partial charge on any atom is 0.251 e. The molecule has 1 N–H and O–H groups in total. The number of carbonyl (C=O) groups is 2. The van der Waals surface area contributed by atoms with E-state index in [0.717, 1.165) is 0 Å². The predicted molar refractivity (Wildman–Crippen MR) is 101 cm³/mol. The summed E-state index contributed by atoms with van der Waals surface area (Å²) in [5.74, 6) is 0.753. The Morgan fingerprint density at radius 3 is 2.50 bits per heavy atom. The zero-order valence-corrected chi connectivity index (χ0v) is 15.7. The molecular formula is C19H21ClN2O4. The van der Waals surface area contributed by atoms with E-state index in [2.05, 4.69) is 5.32 Å². The molecule has 2 aromatic rings. The Morgan fingerprint density at radius 2 is 1.88 bits per heavy atom. The van der Waals surface area contributed by atoms with Crippen molar-refractivity contribution in [1.29, 1.82) is 0 Å². The molecule has 2 rings (SSSR count). The minimum Gasteiger partial charge on any atom is -0.497 e. The third kappa shape index (κ3) is 4.89. The summed E-state index contributed by atoms with van der Waals surface area (Å²) in [6, 6.07) is 12.0. The lowest BCUT2D eigenvalue weighted by molar-refractivity contribution is -0.116. The quantitative estimate of drug-likeness (QED) is 0.806. The van der Waals surface area contributed by atoms with Crippen LogP contribution in [0.25, 0.3) is 0 Å². The fourth-order valence-electron chi connectivity index (χ4n) is 2.44. The first-order valence-corrected chi connectivity index (χ1v) is 8.38. The maximum atomic E-state index is 12.2. The molecule has 0 aliphatic rings. The van der Waals surface area contributed by atoms with Gasteiger partial charge in [0.2, 0.25) is 5.91 Å². The molecule has 0 radical (unpaired) electrons. The lowest BCUT2D eigenvalue weighted by Crippen LogP contribution is -2.37. The molecule has 138 valence electrons. The average molecular weight is 377 g/mol. The van der Waals surface area contributed by atoms with Gasteiger partial charge < -0.3 is 19.7 Å². The smallest absolute Gasteiger partial charge is 0.251 e. The second-order valence-electron chi connectivity index (χ2n) is 5.48. The zero-order chi connectivity index (χ0) is 19.1. The van der Waals surface area contributed by atoms with Gasteiger partial charge in [-0.25, -0.2) is 0 Å². The van der Waals surface area contributed by atoms with E-state index in [0.29, 0.717) is 40.9 Å². The van der Waals surface area contributed by atoms with Crippen molar-refractivity contribution in [2.45, 2.75) is 6.92 Å². The van der Waals surface area contributed by atoms with Crippen LogP contribution < -0.4 is 19.7 Å². The number of hydrogen-bond acceptors (Lipinski definition) is 4. The van der Waals surface area contributed by atoms with Crippen LogP contribution in [-0.2, 0) is 4.79 Å². The Labute approximate surface area is 157 Å². The van der Waals surface area contributed by atoms with Gasteiger partial charge in [-0.1, -0.05) is 17.7 Å². The molecule has 0 aliphatic carbocycles. The van der Waals surface area contributed by atoms with Gasteiger partial charge in [0, 0.05) is 31.3 Å². The monoisotopic (exact) mass is 376 g/mol. The number of nitrogens with zero attached hydrogens (tertiary/aromatic N) is 1. The van der Waals surface area contributed by atoms with E-state index in [4.69, 9.17) is 21.1 Å². The van der Waals surface area contributed by atoms with Gasteiger partial charge in [-0.2, -0.15) is 0 Å². The first-order chi connectivity index (χ1) is 12.5. The molecule has 0 spiro atoms. The zero-order valence-electron chi connectivity index (χ0n) is 14.9. The van der Waals surface area contributed by atoms with Gasteiger partial charge in [-0.15, -0.1) is 0 Å². The predicted octanol–water partition coefficient (Wildman–Crippen LogP) is 3.14. The molecular weight excluding hydrogens is 356 g/mol. The number of benzene rings is 2. The Balaban J connectivity index is 2.01.